The van der Waals surface area contributed by atoms with Crippen molar-refractivity contribution in [2.75, 3.05) is 18.4 Å². The molecule has 0 bridgehead atoms. The number of hydrogen-bond acceptors (Lipinski definition) is 6. The van der Waals surface area contributed by atoms with Gasteiger partial charge in [0.25, 0.3) is 0 Å². The van der Waals surface area contributed by atoms with Gasteiger partial charge >= 0.3 is 6.01 Å². The highest BCUT2D eigenvalue weighted by Crippen LogP contribution is 2.27. The van der Waals surface area contributed by atoms with Crippen LogP contribution < -0.4 is 5.32 Å². The van der Waals surface area contributed by atoms with Crippen molar-refractivity contribution in [3.63, 3.8) is 0 Å². The van der Waals surface area contributed by atoms with Crippen LogP contribution in [0.25, 0.3) is 11.5 Å². The lowest BCUT2D eigenvalue weighted by Crippen LogP contribution is -2.41. The Morgan fingerprint density at radius 1 is 1.03 bits per heavy atom. The van der Waals surface area contributed by atoms with Crippen LogP contribution in [-0.4, -0.2) is 41.9 Å². The third-order valence-corrected chi connectivity index (χ3v) is 7.40. The smallest absolute Gasteiger partial charge is 0.322 e. The van der Waals surface area contributed by atoms with Gasteiger partial charge in [0.2, 0.25) is 21.8 Å². The lowest BCUT2D eigenvalue weighted by molar-refractivity contribution is -0.121. The predicted molar refractivity (Wildman–Crippen MR) is 116 cm³/mol. The van der Waals surface area contributed by atoms with Gasteiger partial charge in [-0.15, -0.1) is 5.10 Å². The number of carbonyl (C=O) groups excluding carboxylic acids is 1. The zero-order chi connectivity index (χ0) is 22.0. The van der Waals surface area contributed by atoms with Gasteiger partial charge in [0.1, 0.15) is 0 Å². The number of carbonyl (C=O) groups is 1. The van der Waals surface area contributed by atoms with Crippen molar-refractivity contribution in [2.24, 2.45) is 5.92 Å². The Hall–Kier alpha value is -2.46. The molecular formula is C20H18Cl2N4O4S. The number of halogens is 2. The maximum Gasteiger partial charge on any atom is 0.322 e. The molecule has 1 aliphatic rings. The summed E-state index contributed by atoms with van der Waals surface area (Å²) in [4.78, 5) is 12.8. The molecule has 0 spiro atoms. The molecule has 0 atom stereocenters. The molecule has 1 amide bonds. The van der Waals surface area contributed by atoms with Crippen LogP contribution in [0.5, 0.6) is 0 Å². The van der Waals surface area contributed by atoms with Gasteiger partial charge in [-0.2, -0.15) is 4.31 Å². The first-order valence-electron chi connectivity index (χ1n) is 9.49. The lowest BCUT2D eigenvalue weighted by atomic mass is 9.97. The van der Waals surface area contributed by atoms with Crippen LogP contribution in [-0.2, 0) is 14.8 Å². The molecule has 0 unspecified atom stereocenters. The number of sulfonamides is 1. The summed E-state index contributed by atoms with van der Waals surface area (Å²) < 4.78 is 32.4. The van der Waals surface area contributed by atoms with E-state index in [1.54, 1.807) is 24.3 Å². The monoisotopic (exact) mass is 480 g/mol. The number of nitrogens with one attached hydrogen (secondary N) is 1. The second-order valence-electron chi connectivity index (χ2n) is 7.04. The lowest BCUT2D eigenvalue weighted by Gasteiger charge is -2.30. The Bertz CT molecular complexity index is 1190. The van der Waals surface area contributed by atoms with E-state index in [2.05, 4.69) is 15.5 Å². The number of nitrogens with zero attached hydrogens (tertiary/aromatic N) is 3. The maximum absolute atomic E-state index is 12.8. The molecule has 11 heteroatoms. The predicted octanol–water partition coefficient (Wildman–Crippen LogP) is 4.08. The number of benzene rings is 2. The molecular weight excluding hydrogens is 463 g/mol. The molecule has 0 radical (unpaired) electrons. The molecule has 0 aliphatic carbocycles. The summed E-state index contributed by atoms with van der Waals surface area (Å²) in [6.45, 7) is 0.474. The highest BCUT2D eigenvalue weighted by atomic mass is 35.5. The molecule has 8 nitrogen and oxygen atoms in total. The fourth-order valence-electron chi connectivity index (χ4n) is 3.33. The highest BCUT2D eigenvalue weighted by molar-refractivity contribution is 7.89. The second kappa shape index (κ2) is 8.96. The summed E-state index contributed by atoms with van der Waals surface area (Å²) in [5.41, 5.74) is 0.640. The number of anilines is 1. The van der Waals surface area contributed by atoms with Gasteiger partial charge in [0.05, 0.1) is 4.90 Å². The summed E-state index contributed by atoms with van der Waals surface area (Å²) in [6.07, 6.45) is 0.766. The van der Waals surface area contributed by atoms with Crippen molar-refractivity contribution >= 4 is 45.1 Å². The van der Waals surface area contributed by atoms with Gasteiger partial charge in [-0.1, -0.05) is 34.4 Å². The van der Waals surface area contributed by atoms with E-state index in [0.29, 0.717) is 28.5 Å². The minimum Gasteiger partial charge on any atom is -0.403 e. The van der Waals surface area contributed by atoms with E-state index < -0.39 is 10.0 Å². The minimum atomic E-state index is -3.63. The SMILES string of the molecule is O=C(Nc1nnc(-c2cccc(Cl)c2)o1)C1CCN(S(=O)(=O)c2ccc(Cl)cc2)CC1. The number of aromatic nitrogens is 2. The van der Waals surface area contributed by atoms with Gasteiger partial charge in [0.15, 0.2) is 0 Å². The number of hydrogen-bond donors (Lipinski definition) is 1. The molecule has 31 heavy (non-hydrogen) atoms. The second-order valence-corrected chi connectivity index (χ2v) is 9.86. The first-order chi connectivity index (χ1) is 14.8. The average molecular weight is 481 g/mol. The number of piperidine rings is 1. The molecule has 1 saturated heterocycles. The number of amides is 1. The van der Waals surface area contributed by atoms with E-state index in [1.165, 1.54) is 28.6 Å². The molecule has 162 valence electrons. The maximum atomic E-state index is 12.8. The Labute approximate surface area is 189 Å². The van der Waals surface area contributed by atoms with E-state index in [0.717, 1.165) is 0 Å². The summed E-state index contributed by atoms with van der Waals surface area (Å²) in [5.74, 6) is -0.412. The summed E-state index contributed by atoms with van der Waals surface area (Å²) in [5, 5.41) is 11.4. The van der Waals surface area contributed by atoms with Crippen molar-refractivity contribution in [3.8, 4) is 11.5 Å². The van der Waals surface area contributed by atoms with Crippen LogP contribution in [0, 0.1) is 5.92 Å². The van der Waals surface area contributed by atoms with Gasteiger partial charge in [-0.25, -0.2) is 8.42 Å². The van der Waals surface area contributed by atoms with Gasteiger partial charge < -0.3 is 4.42 Å². The van der Waals surface area contributed by atoms with Crippen molar-refractivity contribution in [3.05, 3.63) is 58.6 Å². The van der Waals surface area contributed by atoms with E-state index in [-0.39, 0.29) is 41.7 Å². The molecule has 0 saturated carbocycles. The first-order valence-corrected chi connectivity index (χ1v) is 11.7. The fourth-order valence-corrected chi connectivity index (χ4v) is 5.12. The zero-order valence-corrected chi connectivity index (χ0v) is 18.5. The minimum absolute atomic E-state index is 0.0174. The van der Waals surface area contributed by atoms with Gasteiger partial charge in [-0.05, 0) is 55.3 Å². The van der Waals surface area contributed by atoms with Crippen molar-refractivity contribution < 1.29 is 17.6 Å². The summed E-state index contributed by atoms with van der Waals surface area (Å²) in [7, 11) is -3.63. The van der Waals surface area contributed by atoms with Crippen LogP contribution in [0.3, 0.4) is 0 Å². The van der Waals surface area contributed by atoms with Crippen LogP contribution in [0.4, 0.5) is 6.01 Å². The molecule has 4 rings (SSSR count). The molecule has 2 heterocycles. The number of rotatable bonds is 5. The van der Waals surface area contributed by atoms with E-state index in [1.807, 2.05) is 0 Å². The van der Waals surface area contributed by atoms with Crippen LogP contribution in [0.1, 0.15) is 12.8 Å². The fraction of sp³-hybridized carbons (Fsp3) is 0.250. The van der Waals surface area contributed by atoms with Gasteiger partial charge in [0, 0.05) is 34.6 Å². The van der Waals surface area contributed by atoms with Crippen molar-refractivity contribution in [1.29, 1.82) is 0 Å². The van der Waals surface area contributed by atoms with Crippen molar-refractivity contribution in [1.82, 2.24) is 14.5 Å². The Kier molecular flexibility index (Phi) is 6.29. The third kappa shape index (κ3) is 4.90. The topological polar surface area (TPSA) is 105 Å². The largest absolute Gasteiger partial charge is 0.403 e. The standard InChI is InChI=1S/C20H18Cl2N4O4S/c21-15-4-6-17(7-5-15)31(28,29)26-10-8-13(9-11-26)18(27)23-20-25-24-19(30-20)14-2-1-3-16(22)12-14/h1-7,12-13H,8-11H2,(H,23,25,27). The molecule has 3 aromatic rings. The molecule has 1 aliphatic heterocycles. The molecule has 1 aromatic heterocycles. The van der Waals surface area contributed by atoms with E-state index >= 15 is 0 Å². The molecule has 1 N–H and O–H groups in total. The van der Waals surface area contributed by atoms with Crippen LogP contribution >= 0.6 is 23.2 Å². The van der Waals surface area contributed by atoms with Crippen LogP contribution in [0.2, 0.25) is 10.0 Å². The Morgan fingerprint density at radius 3 is 2.42 bits per heavy atom. The normalized spacial score (nSPS) is 15.7. The Balaban J connectivity index is 1.36. The zero-order valence-electron chi connectivity index (χ0n) is 16.2. The average Bonchev–Trinajstić information content (AvgIpc) is 3.23. The van der Waals surface area contributed by atoms with Crippen LogP contribution in [0.15, 0.2) is 57.8 Å². The van der Waals surface area contributed by atoms with Gasteiger partial charge in [-0.3, -0.25) is 10.1 Å². The van der Waals surface area contributed by atoms with E-state index in [9.17, 15) is 13.2 Å². The Morgan fingerprint density at radius 2 is 1.74 bits per heavy atom. The summed E-state index contributed by atoms with van der Waals surface area (Å²) in [6, 6.07) is 12.9. The highest BCUT2D eigenvalue weighted by Gasteiger charge is 2.32. The third-order valence-electron chi connectivity index (χ3n) is 5.00. The van der Waals surface area contributed by atoms with E-state index in [4.69, 9.17) is 27.6 Å². The summed E-state index contributed by atoms with van der Waals surface area (Å²) >= 11 is 11.8. The molecule has 1 fully saturated rings. The molecule has 2 aromatic carbocycles. The first kappa shape index (κ1) is 21.8. The van der Waals surface area contributed by atoms with Crippen molar-refractivity contribution in [2.45, 2.75) is 17.7 Å². The quantitative estimate of drug-likeness (QED) is 0.589.